The van der Waals surface area contributed by atoms with Gasteiger partial charge in [-0.2, -0.15) is 0 Å². The Hall–Kier alpha value is -1.03. The van der Waals surface area contributed by atoms with Crippen LogP contribution in [0.3, 0.4) is 0 Å². The molecule has 5 heteroatoms. The molecule has 20 heavy (non-hydrogen) atoms. The number of hydrogen-bond donors (Lipinski definition) is 1. The third kappa shape index (κ3) is 3.00. The number of nitrogens with two attached hydrogens (primary N) is 1. The maximum atomic E-state index is 5.99. The van der Waals surface area contributed by atoms with E-state index in [-0.39, 0.29) is 6.10 Å². The van der Waals surface area contributed by atoms with Crippen molar-refractivity contribution in [2.24, 2.45) is 0 Å². The zero-order valence-electron chi connectivity index (χ0n) is 10.6. The maximum absolute atomic E-state index is 5.99. The minimum absolute atomic E-state index is 0.156. The number of fused-ring (bicyclic) bond motifs is 1. The predicted octanol–water partition coefficient (Wildman–Crippen LogP) is 4.67. The second kappa shape index (κ2) is 5.76. The molecule has 0 aliphatic carbocycles. The number of hydrogen-bond acceptors (Lipinski definition) is 3. The number of benzene rings is 2. The molecule has 2 aromatic rings. The molecule has 0 radical (unpaired) electrons. The second-order valence-electron chi connectivity index (χ2n) is 4.69. The smallest absolute Gasteiger partial charge is 0.123 e. The average Bonchev–Trinajstić information content (AvgIpc) is 2.79. The lowest BCUT2D eigenvalue weighted by Gasteiger charge is -2.11. The Balaban J connectivity index is 1.63. The maximum Gasteiger partial charge on any atom is 0.123 e. The van der Waals surface area contributed by atoms with Crippen LogP contribution < -0.4 is 10.5 Å². The molecular formula is C15H13Cl2NOS. The first kappa shape index (κ1) is 13.9. The first-order valence-corrected chi connectivity index (χ1v) is 7.99. The summed E-state index contributed by atoms with van der Waals surface area (Å²) >= 11 is 13.6. The van der Waals surface area contributed by atoms with Gasteiger partial charge in [-0.1, -0.05) is 23.2 Å². The van der Waals surface area contributed by atoms with Crippen molar-refractivity contribution >= 4 is 40.7 Å². The van der Waals surface area contributed by atoms with Crippen LogP contribution in [0.2, 0.25) is 10.0 Å². The van der Waals surface area contributed by atoms with Gasteiger partial charge in [0.05, 0.1) is 0 Å². The minimum atomic E-state index is 0.156. The van der Waals surface area contributed by atoms with Crippen molar-refractivity contribution in [3.63, 3.8) is 0 Å². The van der Waals surface area contributed by atoms with Gasteiger partial charge in [-0.3, -0.25) is 0 Å². The van der Waals surface area contributed by atoms with E-state index < -0.39 is 0 Å². The van der Waals surface area contributed by atoms with Crippen molar-refractivity contribution in [2.45, 2.75) is 17.4 Å². The van der Waals surface area contributed by atoms with Crippen LogP contribution >= 0.6 is 35.0 Å². The molecule has 1 unspecified atom stereocenters. The summed E-state index contributed by atoms with van der Waals surface area (Å²) in [5.74, 6) is 1.78. The van der Waals surface area contributed by atoms with E-state index in [4.69, 9.17) is 33.7 Å². The Bertz CT molecular complexity index is 648. The van der Waals surface area contributed by atoms with Crippen molar-refractivity contribution in [1.82, 2.24) is 0 Å². The summed E-state index contributed by atoms with van der Waals surface area (Å²) in [6, 6.07) is 11.3. The van der Waals surface area contributed by atoms with E-state index >= 15 is 0 Å². The quantitative estimate of drug-likeness (QED) is 0.657. The standard InChI is InChI=1S/C15H13Cl2NOS/c16-10-1-3-14-9(5-10)6-12(19-14)8-20-15-4-2-11(17)7-13(15)18/h1-5,7,12H,6,8,18H2. The summed E-state index contributed by atoms with van der Waals surface area (Å²) in [5, 5.41) is 1.41. The zero-order valence-corrected chi connectivity index (χ0v) is 12.9. The number of anilines is 1. The summed E-state index contributed by atoms with van der Waals surface area (Å²) < 4.78 is 5.90. The number of nitrogen functional groups attached to an aromatic ring is 1. The molecule has 2 nitrogen and oxygen atoms in total. The van der Waals surface area contributed by atoms with E-state index in [1.54, 1.807) is 17.8 Å². The topological polar surface area (TPSA) is 35.2 Å². The highest BCUT2D eigenvalue weighted by Gasteiger charge is 2.23. The predicted molar refractivity (Wildman–Crippen MR) is 86.2 cm³/mol. The van der Waals surface area contributed by atoms with E-state index in [9.17, 15) is 0 Å². The van der Waals surface area contributed by atoms with Crippen molar-refractivity contribution in [2.75, 3.05) is 11.5 Å². The van der Waals surface area contributed by atoms with E-state index in [2.05, 4.69) is 0 Å². The van der Waals surface area contributed by atoms with Gasteiger partial charge < -0.3 is 10.5 Å². The molecule has 104 valence electrons. The molecule has 1 heterocycles. The van der Waals surface area contributed by atoms with Crippen molar-refractivity contribution in [3.8, 4) is 5.75 Å². The Morgan fingerprint density at radius 2 is 1.90 bits per heavy atom. The SMILES string of the molecule is Nc1cc(Cl)ccc1SCC1Cc2cc(Cl)ccc2O1. The normalized spacial score (nSPS) is 16.8. The lowest BCUT2D eigenvalue weighted by Crippen LogP contribution is -2.15. The van der Waals surface area contributed by atoms with Gasteiger partial charge in [0.25, 0.3) is 0 Å². The third-order valence-corrected chi connectivity index (χ3v) is 4.85. The Morgan fingerprint density at radius 1 is 1.15 bits per heavy atom. The summed E-state index contributed by atoms with van der Waals surface area (Å²) in [6.07, 6.45) is 1.04. The summed E-state index contributed by atoms with van der Waals surface area (Å²) in [4.78, 5) is 1.03. The number of halogens is 2. The van der Waals surface area contributed by atoms with Gasteiger partial charge in [0.15, 0.2) is 0 Å². The second-order valence-corrected chi connectivity index (χ2v) is 6.62. The molecule has 2 N–H and O–H groups in total. The van der Waals surface area contributed by atoms with Gasteiger partial charge in [0, 0.05) is 32.8 Å². The largest absolute Gasteiger partial charge is 0.489 e. The molecule has 0 spiro atoms. The Kier molecular flexibility index (Phi) is 4.01. The van der Waals surface area contributed by atoms with Gasteiger partial charge in [-0.15, -0.1) is 11.8 Å². The van der Waals surface area contributed by atoms with E-state index in [0.29, 0.717) is 10.7 Å². The average molecular weight is 326 g/mol. The van der Waals surface area contributed by atoms with Crippen LogP contribution in [0, 0.1) is 0 Å². The molecule has 0 saturated heterocycles. The monoisotopic (exact) mass is 325 g/mol. The van der Waals surface area contributed by atoms with Gasteiger partial charge >= 0.3 is 0 Å². The Labute approximate surface area is 132 Å². The van der Waals surface area contributed by atoms with Crippen LogP contribution in [0.25, 0.3) is 0 Å². The number of thioether (sulfide) groups is 1. The molecule has 3 rings (SSSR count). The van der Waals surface area contributed by atoms with Crippen molar-refractivity contribution in [1.29, 1.82) is 0 Å². The molecule has 0 fully saturated rings. The van der Waals surface area contributed by atoms with Gasteiger partial charge in [-0.25, -0.2) is 0 Å². The number of ether oxygens (including phenoxy) is 1. The fraction of sp³-hybridized carbons (Fsp3) is 0.200. The Morgan fingerprint density at radius 3 is 2.70 bits per heavy atom. The lowest BCUT2D eigenvalue weighted by atomic mass is 10.1. The number of rotatable bonds is 3. The molecular weight excluding hydrogens is 313 g/mol. The summed E-state index contributed by atoms with van der Waals surface area (Å²) in [7, 11) is 0. The van der Waals surface area contributed by atoms with Gasteiger partial charge in [0.2, 0.25) is 0 Å². The van der Waals surface area contributed by atoms with Crippen LogP contribution in [0.4, 0.5) is 5.69 Å². The lowest BCUT2D eigenvalue weighted by molar-refractivity contribution is 0.259. The fourth-order valence-corrected chi connectivity index (χ4v) is 3.53. The summed E-state index contributed by atoms with van der Waals surface area (Å²) in [5.41, 5.74) is 7.83. The molecule has 1 atom stereocenters. The van der Waals surface area contributed by atoms with Crippen LogP contribution in [-0.2, 0) is 6.42 Å². The van der Waals surface area contributed by atoms with Crippen LogP contribution in [0.15, 0.2) is 41.3 Å². The van der Waals surface area contributed by atoms with E-state index in [0.717, 1.165) is 27.8 Å². The van der Waals surface area contributed by atoms with Gasteiger partial charge in [-0.05, 0) is 42.0 Å². The molecule has 2 aromatic carbocycles. The van der Waals surface area contributed by atoms with Crippen LogP contribution in [0.5, 0.6) is 5.75 Å². The molecule has 0 amide bonds. The zero-order chi connectivity index (χ0) is 14.1. The van der Waals surface area contributed by atoms with Crippen LogP contribution in [0.1, 0.15) is 5.56 Å². The molecule has 1 aliphatic rings. The first-order valence-electron chi connectivity index (χ1n) is 6.25. The highest BCUT2D eigenvalue weighted by molar-refractivity contribution is 7.99. The minimum Gasteiger partial charge on any atom is -0.489 e. The summed E-state index contributed by atoms with van der Waals surface area (Å²) in [6.45, 7) is 0. The van der Waals surface area contributed by atoms with E-state index in [1.165, 1.54) is 5.56 Å². The molecule has 1 aliphatic heterocycles. The van der Waals surface area contributed by atoms with Crippen LogP contribution in [-0.4, -0.2) is 11.9 Å². The molecule has 0 bridgehead atoms. The first-order chi connectivity index (χ1) is 9.61. The van der Waals surface area contributed by atoms with Crippen molar-refractivity contribution < 1.29 is 4.74 Å². The molecule has 0 saturated carbocycles. The highest BCUT2D eigenvalue weighted by atomic mass is 35.5. The third-order valence-electron chi connectivity index (χ3n) is 3.16. The fourth-order valence-electron chi connectivity index (χ4n) is 2.22. The molecule has 0 aromatic heterocycles. The van der Waals surface area contributed by atoms with Gasteiger partial charge in [0.1, 0.15) is 11.9 Å². The highest BCUT2D eigenvalue weighted by Crippen LogP contribution is 2.34. The van der Waals surface area contributed by atoms with E-state index in [1.807, 2.05) is 30.3 Å². The van der Waals surface area contributed by atoms with Crippen molar-refractivity contribution in [3.05, 3.63) is 52.0 Å².